The lowest BCUT2D eigenvalue weighted by atomic mass is 10.0. The maximum Gasteiger partial charge on any atom is 0.0470 e. The normalized spacial score (nSPS) is 25.0. The SMILES string of the molecule is CCCC1CCN(C(CN)c2ccc(C3CC3)cc2)C1. The van der Waals surface area contributed by atoms with Crippen molar-refractivity contribution in [1.82, 2.24) is 4.90 Å². The van der Waals surface area contributed by atoms with Crippen LogP contribution in [0.2, 0.25) is 0 Å². The number of hydrogen-bond donors (Lipinski definition) is 1. The van der Waals surface area contributed by atoms with E-state index in [1.165, 1.54) is 56.3 Å². The quantitative estimate of drug-likeness (QED) is 0.856. The van der Waals surface area contributed by atoms with Gasteiger partial charge in [0.2, 0.25) is 0 Å². The molecule has 1 aromatic carbocycles. The Morgan fingerprint density at radius 1 is 1.20 bits per heavy atom. The first-order valence-electron chi connectivity index (χ1n) is 8.35. The largest absolute Gasteiger partial charge is 0.329 e. The van der Waals surface area contributed by atoms with Gasteiger partial charge in [-0.25, -0.2) is 0 Å². The van der Waals surface area contributed by atoms with Crippen LogP contribution < -0.4 is 5.73 Å². The van der Waals surface area contributed by atoms with E-state index in [1.807, 2.05) is 0 Å². The first-order chi connectivity index (χ1) is 9.81. The number of rotatable bonds is 6. The van der Waals surface area contributed by atoms with Gasteiger partial charge in [-0.05, 0) is 55.2 Å². The molecular weight excluding hydrogens is 244 g/mol. The Balaban J connectivity index is 1.66. The summed E-state index contributed by atoms with van der Waals surface area (Å²) in [5.41, 5.74) is 9.01. The minimum Gasteiger partial charge on any atom is -0.329 e. The molecule has 1 saturated heterocycles. The van der Waals surface area contributed by atoms with Gasteiger partial charge in [-0.2, -0.15) is 0 Å². The zero-order valence-corrected chi connectivity index (χ0v) is 12.7. The molecule has 2 N–H and O–H groups in total. The molecular formula is C18H28N2. The highest BCUT2D eigenvalue weighted by atomic mass is 15.2. The van der Waals surface area contributed by atoms with Crippen LogP contribution in [0.15, 0.2) is 24.3 Å². The van der Waals surface area contributed by atoms with E-state index < -0.39 is 0 Å². The van der Waals surface area contributed by atoms with E-state index in [0.29, 0.717) is 6.04 Å². The van der Waals surface area contributed by atoms with Gasteiger partial charge < -0.3 is 5.73 Å². The molecule has 2 heteroatoms. The van der Waals surface area contributed by atoms with Crippen LogP contribution >= 0.6 is 0 Å². The van der Waals surface area contributed by atoms with Crippen molar-refractivity contribution in [2.45, 2.75) is 51.0 Å². The highest BCUT2D eigenvalue weighted by Gasteiger charge is 2.28. The van der Waals surface area contributed by atoms with Crippen molar-refractivity contribution in [3.05, 3.63) is 35.4 Å². The van der Waals surface area contributed by atoms with Gasteiger partial charge in [0.05, 0.1) is 0 Å². The Morgan fingerprint density at radius 3 is 2.55 bits per heavy atom. The molecule has 0 aromatic heterocycles. The Bertz CT molecular complexity index is 422. The highest BCUT2D eigenvalue weighted by Crippen LogP contribution is 2.40. The van der Waals surface area contributed by atoms with Crippen molar-refractivity contribution in [3.63, 3.8) is 0 Å². The van der Waals surface area contributed by atoms with E-state index in [4.69, 9.17) is 5.73 Å². The molecule has 1 saturated carbocycles. The first-order valence-corrected chi connectivity index (χ1v) is 8.35. The van der Waals surface area contributed by atoms with Crippen molar-refractivity contribution in [2.75, 3.05) is 19.6 Å². The molecule has 2 fully saturated rings. The van der Waals surface area contributed by atoms with E-state index >= 15 is 0 Å². The summed E-state index contributed by atoms with van der Waals surface area (Å²) in [4.78, 5) is 2.60. The number of nitrogens with zero attached hydrogens (tertiary/aromatic N) is 1. The van der Waals surface area contributed by atoms with Gasteiger partial charge in [0, 0.05) is 19.1 Å². The molecule has 0 radical (unpaired) electrons. The van der Waals surface area contributed by atoms with E-state index in [9.17, 15) is 0 Å². The standard InChI is InChI=1S/C18H28N2/c1-2-3-14-10-11-20(13-14)18(12-19)17-8-6-16(7-9-17)15-4-5-15/h6-9,14-15,18H,2-5,10-13,19H2,1H3. The molecule has 0 bridgehead atoms. The Kier molecular flexibility index (Phi) is 4.42. The van der Waals surface area contributed by atoms with E-state index in [2.05, 4.69) is 36.1 Å². The van der Waals surface area contributed by atoms with Crippen molar-refractivity contribution >= 4 is 0 Å². The monoisotopic (exact) mass is 272 g/mol. The molecule has 2 aliphatic rings. The predicted octanol–water partition coefficient (Wildman–Crippen LogP) is 3.69. The van der Waals surface area contributed by atoms with Gasteiger partial charge in [0.1, 0.15) is 0 Å². The average molecular weight is 272 g/mol. The van der Waals surface area contributed by atoms with Crippen LogP contribution in [0.5, 0.6) is 0 Å². The molecule has 2 unspecified atom stereocenters. The summed E-state index contributed by atoms with van der Waals surface area (Å²) in [7, 11) is 0. The van der Waals surface area contributed by atoms with E-state index in [0.717, 1.165) is 18.4 Å². The van der Waals surface area contributed by atoms with Crippen LogP contribution in [0.1, 0.15) is 62.1 Å². The third kappa shape index (κ3) is 3.07. The minimum atomic E-state index is 0.421. The smallest absolute Gasteiger partial charge is 0.0470 e. The molecule has 110 valence electrons. The molecule has 1 aliphatic heterocycles. The minimum absolute atomic E-state index is 0.421. The fourth-order valence-corrected chi connectivity index (χ4v) is 3.69. The lowest BCUT2D eigenvalue weighted by Crippen LogP contribution is -2.32. The molecule has 2 atom stereocenters. The van der Waals surface area contributed by atoms with Crippen LogP contribution in [-0.2, 0) is 0 Å². The van der Waals surface area contributed by atoms with E-state index in [-0.39, 0.29) is 0 Å². The number of hydrogen-bond acceptors (Lipinski definition) is 2. The fraction of sp³-hybridized carbons (Fsp3) is 0.667. The maximum absolute atomic E-state index is 6.07. The zero-order chi connectivity index (χ0) is 13.9. The number of likely N-dealkylation sites (tertiary alicyclic amines) is 1. The highest BCUT2D eigenvalue weighted by molar-refractivity contribution is 5.30. The summed E-state index contributed by atoms with van der Waals surface area (Å²) in [5.74, 6) is 1.74. The Hall–Kier alpha value is -0.860. The molecule has 1 heterocycles. The van der Waals surface area contributed by atoms with Gasteiger partial charge in [-0.15, -0.1) is 0 Å². The molecule has 2 nitrogen and oxygen atoms in total. The second kappa shape index (κ2) is 6.28. The van der Waals surface area contributed by atoms with Gasteiger partial charge in [0.25, 0.3) is 0 Å². The summed E-state index contributed by atoms with van der Waals surface area (Å²) in [6.07, 6.45) is 6.79. The van der Waals surface area contributed by atoms with Crippen LogP contribution in [0, 0.1) is 5.92 Å². The zero-order valence-electron chi connectivity index (χ0n) is 12.7. The van der Waals surface area contributed by atoms with Crippen LogP contribution in [0.4, 0.5) is 0 Å². The van der Waals surface area contributed by atoms with Crippen LogP contribution in [-0.4, -0.2) is 24.5 Å². The molecule has 1 aromatic rings. The third-order valence-corrected chi connectivity index (χ3v) is 5.05. The summed E-state index contributed by atoms with van der Waals surface area (Å²) >= 11 is 0. The first kappa shape index (κ1) is 14.1. The van der Waals surface area contributed by atoms with Gasteiger partial charge in [0.15, 0.2) is 0 Å². The van der Waals surface area contributed by atoms with Crippen molar-refractivity contribution in [2.24, 2.45) is 11.7 Å². The second-order valence-electron chi connectivity index (χ2n) is 6.63. The van der Waals surface area contributed by atoms with Gasteiger partial charge >= 0.3 is 0 Å². The lowest BCUT2D eigenvalue weighted by molar-refractivity contribution is 0.239. The van der Waals surface area contributed by atoms with E-state index in [1.54, 1.807) is 0 Å². The summed E-state index contributed by atoms with van der Waals surface area (Å²) in [5, 5.41) is 0. The Labute approximate surface area is 123 Å². The fourth-order valence-electron chi connectivity index (χ4n) is 3.69. The molecule has 3 rings (SSSR count). The number of benzene rings is 1. The topological polar surface area (TPSA) is 29.3 Å². The summed E-state index contributed by atoms with van der Waals surface area (Å²) in [6, 6.07) is 9.71. The molecule has 1 aliphatic carbocycles. The number of nitrogens with two attached hydrogens (primary N) is 1. The Morgan fingerprint density at radius 2 is 1.95 bits per heavy atom. The van der Waals surface area contributed by atoms with Crippen LogP contribution in [0.3, 0.4) is 0 Å². The maximum atomic E-state index is 6.07. The van der Waals surface area contributed by atoms with Crippen LogP contribution in [0.25, 0.3) is 0 Å². The molecule has 0 spiro atoms. The predicted molar refractivity (Wildman–Crippen MR) is 84.8 cm³/mol. The van der Waals surface area contributed by atoms with Gasteiger partial charge in [-0.1, -0.05) is 37.6 Å². The molecule has 20 heavy (non-hydrogen) atoms. The second-order valence-corrected chi connectivity index (χ2v) is 6.63. The lowest BCUT2D eigenvalue weighted by Gasteiger charge is -2.27. The van der Waals surface area contributed by atoms with Crippen molar-refractivity contribution in [3.8, 4) is 0 Å². The summed E-state index contributed by atoms with van der Waals surface area (Å²) < 4.78 is 0. The van der Waals surface area contributed by atoms with Crippen molar-refractivity contribution in [1.29, 1.82) is 0 Å². The molecule has 0 amide bonds. The third-order valence-electron chi connectivity index (χ3n) is 5.05. The van der Waals surface area contributed by atoms with Crippen molar-refractivity contribution < 1.29 is 0 Å². The summed E-state index contributed by atoms with van der Waals surface area (Å²) in [6.45, 7) is 5.48. The van der Waals surface area contributed by atoms with Gasteiger partial charge in [-0.3, -0.25) is 4.90 Å². The average Bonchev–Trinajstić information content (AvgIpc) is 3.22.